The van der Waals surface area contributed by atoms with Crippen LogP contribution in [-0.2, 0) is 5.60 Å². The van der Waals surface area contributed by atoms with Gasteiger partial charge in [0.05, 0.1) is 4.88 Å². The van der Waals surface area contributed by atoms with Gasteiger partial charge in [0.25, 0.3) is 0 Å². The number of benzene rings is 10. The van der Waals surface area contributed by atoms with E-state index in [0.717, 1.165) is 48.3 Å². The molecule has 57 heavy (non-hydrogen) atoms. The van der Waals surface area contributed by atoms with Gasteiger partial charge in [0.15, 0.2) is 5.60 Å². The summed E-state index contributed by atoms with van der Waals surface area (Å²) in [6, 6.07) is 72.3. The quantitative estimate of drug-likeness (QED) is 0.178. The molecule has 1 heterocycles. The van der Waals surface area contributed by atoms with Crippen LogP contribution in [0, 0.1) is 0 Å². The van der Waals surface area contributed by atoms with E-state index in [0.29, 0.717) is 0 Å². The van der Waals surface area contributed by atoms with Crippen LogP contribution in [0.4, 0.5) is 0 Å². The summed E-state index contributed by atoms with van der Waals surface area (Å²) in [4.78, 5) is 0.947. The average molecular weight is 743 g/mol. The third kappa shape index (κ3) is 4.72. The second kappa shape index (κ2) is 12.3. The number of hydrogen-bond donors (Lipinski definition) is 1. The summed E-state index contributed by atoms with van der Waals surface area (Å²) in [5.41, 5.74) is 9.72. The van der Waals surface area contributed by atoms with Crippen LogP contribution >= 0.6 is 11.3 Å². The van der Waals surface area contributed by atoms with Crippen molar-refractivity contribution in [2.75, 3.05) is 0 Å². The maximum Gasteiger partial charge on any atom is 0.151 e. The highest BCUT2D eigenvalue weighted by Crippen LogP contribution is 2.57. The van der Waals surface area contributed by atoms with Crippen LogP contribution in [0.5, 0.6) is 0 Å². The van der Waals surface area contributed by atoms with Crippen LogP contribution in [0.15, 0.2) is 200 Å². The molecule has 1 N–H and O–H groups in total. The van der Waals surface area contributed by atoms with Crippen LogP contribution in [0.1, 0.15) is 16.0 Å². The first kappa shape index (κ1) is 32.4. The number of aliphatic hydroxyl groups is 1. The summed E-state index contributed by atoms with van der Waals surface area (Å²) >= 11 is 1.70. The van der Waals surface area contributed by atoms with E-state index in [2.05, 4.69) is 188 Å². The molecule has 10 aromatic carbocycles. The van der Waals surface area contributed by atoms with Crippen LogP contribution < -0.4 is 0 Å². The zero-order chi connectivity index (χ0) is 37.7. The molecule has 0 bridgehead atoms. The van der Waals surface area contributed by atoms with Gasteiger partial charge in [-0.05, 0) is 106 Å². The molecule has 1 aliphatic rings. The molecule has 266 valence electrons. The van der Waals surface area contributed by atoms with Crippen molar-refractivity contribution in [1.29, 1.82) is 0 Å². The zero-order valence-corrected chi connectivity index (χ0v) is 31.7. The third-order valence-corrected chi connectivity index (χ3v) is 13.5. The maximum atomic E-state index is 13.4. The molecule has 0 atom stereocenters. The van der Waals surface area contributed by atoms with Crippen LogP contribution in [0.2, 0.25) is 0 Å². The molecule has 0 amide bonds. The molecule has 0 saturated carbocycles. The Bertz CT molecular complexity index is 3400. The molecule has 0 fully saturated rings. The minimum absolute atomic E-state index is 0.932. The second-order valence-corrected chi connectivity index (χ2v) is 16.3. The average Bonchev–Trinajstić information content (AvgIpc) is 3.79. The van der Waals surface area contributed by atoms with E-state index >= 15 is 0 Å². The summed E-state index contributed by atoms with van der Waals surface area (Å²) in [5, 5.41) is 24.3. The van der Waals surface area contributed by atoms with Crippen molar-refractivity contribution in [3.63, 3.8) is 0 Å². The van der Waals surface area contributed by atoms with E-state index in [4.69, 9.17) is 0 Å². The molecule has 11 aromatic rings. The number of thiophene rings is 1. The molecule has 0 aliphatic heterocycles. The first-order valence-electron chi connectivity index (χ1n) is 19.6. The van der Waals surface area contributed by atoms with E-state index in [9.17, 15) is 5.11 Å². The fraction of sp³-hybridized carbons (Fsp3) is 0.0182. The monoisotopic (exact) mass is 742 g/mol. The Morgan fingerprint density at radius 3 is 1.39 bits per heavy atom. The van der Waals surface area contributed by atoms with Gasteiger partial charge in [0.1, 0.15) is 0 Å². The fourth-order valence-electron chi connectivity index (χ4n) is 9.69. The Morgan fingerprint density at radius 1 is 0.333 bits per heavy atom. The lowest BCUT2D eigenvalue weighted by molar-refractivity contribution is 0.135. The number of rotatable bonds is 4. The Balaban J connectivity index is 1.20. The van der Waals surface area contributed by atoms with Gasteiger partial charge in [-0.15, -0.1) is 11.3 Å². The van der Waals surface area contributed by atoms with Crippen molar-refractivity contribution in [2.45, 2.75) is 5.60 Å². The fourth-order valence-corrected chi connectivity index (χ4v) is 11.0. The molecule has 1 aliphatic carbocycles. The van der Waals surface area contributed by atoms with Gasteiger partial charge in [-0.1, -0.05) is 176 Å². The Kier molecular flexibility index (Phi) is 7.01. The van der Waals surface area contributed by atoms with Crippen molar-refractivity contribution >= 4 is 64.5 Å². The lowest BCUT2D eigenvalue weighted by atomic mass is 9.82. The third-order valence-electron chi connectivity index (χ3n) is 12.2. The van der Waals surface area contributed by atoms with Crippen molar-refractivity contribution < 1.29 is 5.11 Å². The van der Waals surface area contributed by atoms with E-state index in [1.807, 2.05) is 12.1 Å². The lowest BCUT2D eigenvalue weighted by Gasteiger charge is -2.27. The van der Waals surface area contributed by atoms with Crippen molar-refractivity contribution in [2.24, 2.45) is 0 Å². The highest BCUT2D eigenvalue weighted by molar-refractivity contribution is 7.20. The summed E-state index contributed by atoms with van der Waals surface area (Å²) in [5.74, 6) is 0. The van der Waals surface area contributed by atoms with Crippen molar-refractivity contribution in [1.82, 2.24) is 0 Å². The molecule has 0 saturated heterocycles. The molecule has 1 aromatic heterocycles. The van der Waals surface area contributed by atoms with Gasteiger partial charge in [0.2, 0.25) is 0 Å². The van der Waals surface area contributed by atoms with E-state index in [-0.39, 0.29) is 0 Å². The summed E-state index contributed by atoms with van der Waals surface area (Å²) in [6.07, 6.45) is 0. The Labute approximate surface area is 334 Å². The van der Waals surface area contributed by atoms with Crippen LogP contribution in [-0.4, -0.2) is 5.11 Å². The van der Waals surface area contributed by atoms with Gasteiger partial charge in [-0.2, -0.15) is 0 Å². The van der Waals surface area contributed by atoms with Crippen molar-refractivity contribution in [3.8, 4) is 44.5 Å². The summed E-state index contributed by atoms with van der Waals surface area (Å²) in [6.45, 7) is 0. The molecular weight excluding hydrogens is 709 g/mol. The minimum Gasteiger partial charge on any atom is -0.375 e. The zero-order valence-electron chi connectivity index (χ0n) is 30.9. The second-order valence-electron chi connectivity index (χ2n) is 15.3. The van der Waals surface area contributed by atoms with Crippen molar-refractivity contribution in [3.05, 3.63) is 216 Å². The largest absolute Gasteiger partial charge is 0.375 e. The Hall–Kier alpha value is -6.84. The summed E-state index contributed by atoms with van der Waals surface area (Å²) < 4.78 is 1.16. The molecule has 0 radical (unpaired) electrons. The lowest BCUT2D eigenvalue weighted by Crippen LogP contribution is -2.25. The number of hydrogen-bond acceptors (Lipinski definition) is 2. The molecule has 0 unspecified atom stereocenters. The molecular formula is C55H34OS. The molecule has 12 rings (SSSR count). The SMILES string of the molecule is OC1(c2sc3ccccc3c2-c2ccc3c(-c4ccc5ccccc5c4)c4ccccc4c(-c4ccc5ccccc5c4)c3c2)c2ccccc2-c2ccccc21. The normalized spacial score (nSPS) is 13.1. The predicted molar refractivity (Wildman–Crippen MR) is 242 cm³/mol. The van der Waals surface area contributed by atoms with Crippen LogP contribution in [0.25, 0.3) is 97.7 Å². The van der Waals surface area contributed by atoms with E-state index in [1.165, 1.54) is 65.3 Å². The predicted octanol–water partition coefficient (Wildman–Crippen LogP) is 14.8. The highest BCUT2D eigenvalue weighted by atomic mass is 32.1. The number of fused-ring (bicyclic) bond motifs is 8. The highest BCUT2D eigenvalue weighted by Gasteiger charge is 2.46. The minimum atomic E-state index is -1.32. The Morgan fingerprint density at radius 2 is 0.772 bits per heavy atom. The smallest absolute Gasteiger partial charge is 0.151 e. The first-order valence-corrected chi connectivity index (χ1v) is 20.4. The maximum absolute atomic E-state index is 13.4. The van der Waals surface area contributed by atoms with Gasteiger partial charge in [-0.3, -0.25) is 0 Å². The van der Waals surface area contributed by atoms with Gasteiger partial charge >= 0.3 is 0 Å². The van der Waals surface area contributed by atoms with Gasteiger partial charge < -0.3 is 5.11 Å². The van der Waals surface area contributed by atoms with Gasteiger partial charge in [0, 0.05) is 26.8 Å². The van der Waals surface area contributed by atoms with Gasteiger partial charge in [-0.25, -0.2) is 0 Å². The van der Waals surface area contributed by atoms with E-state index in [1.54, 1.807) is 11.3 Å². The van der Waals surface area contributed by atoms with E-state index < -0.39 is 5.60 Å². The molecule has 1 nitrogen and oxygen atoms in total. The first-order chi connectivity index (χ1) is 28.1. The topological polar surface area (TPSA) is 20.2 Å². The molecule has 0 spiro atoms. The van der Waals surface area contributed by atoms with Crippen LogP contribution in [0.3, 0.4) is 0 Å². The standard InChI is InChI=1S/C55H34OS/c56-55(48-22-10-7-17-41(48)42-18-8-11-23-49(42)55)54-53(46-21-9-12-24-50(46)57-54)40-29-30-45-47(33-40)52(39-28-26-35-14-2-4-16-37(35)32-39)44-20-6-5-19-43(44)51(45)38-27-25-34-13-1-3-15-36(34)31-38/h1-33,56H. The molecule has 2 heteroatoms. The summed E-state index contributed by atoms with van der Waals surface area (Å²) in [7, 11) is 0.